The highest BCUT2D eigenvalue weighted by Gasteiger charge is 2.19. The Morgan fingerprint density at radius 1 is 0.407 bits per heavy atom. The molecule has 0 saturated carbocycles. The minimum atomic E-state index is 0.631. The third kappa shape index (κ3) is 4.99. The van der Waals surface area contributed by atoms with Crippen molar-refractivity contribution in [1.82, 2.24) is 19.9 Å². The van der Waals surface area contributed by atoms with E-state index in [4.69, 9.17) is 24.4 Å². The lowest BCUT2D eigenvalue weighted by Gasteiger charge is -2.11. The fourth-order valence-corrected chi connectivity index (χ4v) is 8.75. The molecule has 11 rings (SSSR count). The van der Waals surface area contributed by atoms with Crippen LogP contribution in [-0.4, -0.2) is 19.9 Å². The Morgan fingerprint density at radius 2 is 1.02 bits per heavy atom. The normalized spacial score (nSPS) is 11.7. The molecule has 4 heterocycles. The van der Waals surface area contributed by atoms with Crippen LogP contribution < -0.4 is 0 Å². The van der Waals surface area contributed by atoms with Gasteiger partial charge in [-0.05, 0) is 47.5 Å². The van der Waals surface area contributed by atoms with Crippen molar-refractivity contribution < 1.29 is 4.42 Å². The second kappa shape index (κ2) is 12.3. The lowest BCUT2D eigenvalue weighted by atomic mass is 9.97. The van der Waals surface area contributed by atoms with E-state index in [1.807, 2.05) is 60.7 Å². The molecule has 0 saturated heterocycles. The Balaban J connectivity index is 1.02. The zero-order chi connectivity index (χ0) is 35.6. The first-order chi connectivity index (χ1) is 26.7. The molecule has 54 heavy (non-hydrogen) atoms. The summed E-state index contributed by atoms with van der Waals surface area (Å²) in [5, 5.41) is 5.56. The molecular formula is C48H28N4OS. The number of thiophene rings is 1. The van der Waals surface area contributed by atoms with Crippen LogP contribution in [0, 0.1) is 0 Å². The summed E-state index contributed by atoms with van der Waals surface area (Å²) in [5.41, 5.74) is 9.61. The van der Waals surface area contributed by atoms with Gasteiger partial charge >= 0.3 is 0 Å². The van der Waals surface area contributed by atoms with E-state index in [1.54, 1.807) is 11.3 Å². The van der Waals surface area contributed by atoms with E-state index in [9.17, 15) is 0 Å². The fourth-order valence-electron chi connectivity index (χ4n) is 7.54. The molecular weight excluding hydrogens is 681 g/mol. The van der Waals surface area contributed by atoms with Crippen LogP contribution in [0.4, 0.5) is 0 Å². The summed E-state index contributed by atoms with van der Waals surface area (Å²) in [7, 11) is 0. The number of fused-ring (bicyclic) bond motifs is 8. The molecule has 0 aliphatic carbocycles. The summed E-state index contributed by atoms with van der Waals surface area (Å²) in [6.45, 7) is 0. The van der Waals surface area contributed by atoms with E-state index < -0.39 is 0 Å². The van der Waals surface area contributed by atoms with Crippen LogP contribution in [0.25, 0.3) is 110 Å². The van der Waals surface area contributed by atoms with Crippen molar-refractivity contribution in [2.45, 2.75) is 0 Å². The Kier molecular flexibility index (Phi) is 6.97. The summed E-state index contributed by atoms with van der Waals surface area (Å²) < 4.78 is 8.87. The molecule has 0 unspecified atom stereocenters. The minimum Gasteiger partial charge on any atom is -0.455 e. The smallest absolute Gasteiger partial charge is 0.165 e. The van der Waals surface area contributed by atoms with Crippen LogP contribution >= 0.6 is 11.3 Å². The first kappa shape index (κ1) is 30.6. The van der Waals surface area contributed by atoms with Gasteiger partial charge in [-0.15, -0.1) is 11.3 Å². The van der Waals surface area contributed by atoms with Crippen molar-refractivity contribution in [3.63, 3.8) is 0 Å². The molecule has 0 radical (unpaired) electrons. The minimum absolute atomic E-state index is 0.631. The van der Waals surface area contributed by atoms with Crippen LogP contribution in [0.1, 0.15) is 0 Å². The van der Waals surface area contributed by atoms with Crippen molar-refractivity contribution in [2.24, 2.45) is 0 Å². The molecule has 5 nitrogen and oxygen atoms in total. The van der Waals surface area contributed by atoms with Crippen molar-refractivity contribution in [2.75, 3.05) is 0 Å². The lowest BCUT2D eigenvalue weighted by molar-refractivity contribution is 0.672. The second-order valence-electron chi connectivity index (χ2n) is 13.4. The lowest BCUT2D eigenvalue weighted by Crippen LogP contribution is -2.00. The number of furan rings is 1. The van der Waals surface area contributed by atoms with Gasteiger partial charge in [0.1, 0.15) is 11.2 Å². The second-order valence-corrected chi connectivity index (χ2v) is 14.4. The molecule has 4 aromatic heterocycles. The zero-order valence-corrected chi connectivity index (χ0v) is 29.6. The number of hydrogen-bond acceptors (Lipinski definition) is 6. The van der Waals surface area contributed by atoms with Gasteiger partial charge in [-0.1, -0.05) is 133 Å². The summed E-state index contributed by atoms with van der Waals surface area (Å²) in [4.78, 5) is 20.4. The zero-order valence-electron chi connectivity index (χ0n) is 28.8. The van der Waals surface area contributed by atoms with Gasteiger partial charge < -0.3 is 4.42 Å². The Labute approximate surface area is 313 Å². The van der Waals surface area contributed by atoms with Gasteiger partial charge in [0.05, 0.1) is 16.6 Å². The van der Waals surface area contributed by atoms with Crippen LogP contribution in [0.3, 0.4) is 0 Å². The molecule has 6 heteroatoms. The number of pyridine rings is 1. The van der Waals surface area contributed by atoms with Gasteiger partial charge in [0, 0.05) is 53.2 Å². The first-order valence-electron chi connectivity index (χ1n) is 17.9. The van der Waals surface area contributed by atoms with Crippen LogP contribution in [-0.2, 0) is 0 Å². The number of aromatic nitrogens is 4. The topological polar surface area (TPSA) is 64.7 Å². The molecule has 0 N–H and O–H groups in total. The highest BCUT2D eigenvalue weighted by Crippen LogP contribution is 2.41. The largest absolute Gasteiger partial charge is 0.455 e. The molecule has 0 atom stereocenters. The van der Waals surface area contributed by atoms with E-state index in [0.717, 1.165) is 71.9 Å². The Morgan fingerprint density at radius 3 is 1.87 bits per heavy atom. The molecule has 0 fully saturated rings. The maximum atomic E-state index is 6.45. The summed E-state index contributed by atoms with van der Waals surface area (Å²) in [6, 6.07) is 58.5. The predicted molar refractivity (Wildman–Crippen MR) is 222 cm³/mol. The van der Waals surface area contributed by atoms with Gasteiger partial charge in [0.2, 0.25) is 0 Å². The maximum Gasteiger partial charge on any atom is 0.165 e. The van der Waals surface area contributed by atoms with E-state index in [2.05, 4.69) is 109 Å². The van der Waals surface area contributed by atoms with Crippen LogP contribution in [0.2, 0.25) is 0 Å². The molecule has 0 spiro atoms. The van der Waals surface area contributed by atoms with Crippen molar-refractivity contribution in [3.05, 3.63) is 170 Å². The molecule has 7 aromatic carbocycles. The Bertz CT molecular complexity index is 3220. The molecule has 0 aliphatic heterocycles. The highest BCUT2D eigenvalue weighted by molar-refractivity contribution is 7.26. The summed E-state index contributed by atoms with van der Waals surface area (Å²) in [5.74, 6) is 1.94. The van der Waals surface area contributed by atoms with Gasteiger partial charge in [0.25, 0.3) is 0 Å². The molecule has 0 aliphatic rings. The number of benzene rings is 7. The number of nitrogens with zero attached hydrogens (tertiary/aromatic N) is 4. The van der Waals surface area contributed by atoms with Gasteiger partial charge in [-0.25, -0.2) is 19.9 Å². The molecule has 0 amide bonds. The highest BCUT2D eigenvalue weighted by atomic mass is 32.1. The average molecular weight is 709 g/mol. The van der Waals surface area contributed by atoms with Crippen molar-refractivity contribution >= 4 is 64.4 Å². The average Bonchev–Trinajstić information content (AvgIpc) is 3.83. The third-order valence-electron chi connectivity index (χ3n) is 10.1. The standard InChI is InChI=1S/C48H28N4OS/c1-2-12-30(13-3-1)46-50-47(52-48(51-46)38-20-11-19-35-34-16-6-9-23-41(34)54-45(35)38)31-26-24-29(25-27-31)32-14-10-15-33(28-32)43-42-37-18-5-8-22-40(37)53-44(42)36-17-4-7-21-39(36)49-43/h1-28H. The van der Waals surface area contributed by atoms with Crippen LogP contribution in [0.5, 0.6) is 0 Å². The van der Waals surface area contributed by atoms with Gasteiger partial charge in [0.15, 0.2) is 17.5 Å². The van der Waals surface area contributed by atoms with Crippen molar-refractivity contribution in [3.8, 4) is 56.5 Å². The third-order valence-corrected chi connectivity index (χ3v) is 11.4. The van der Waals surface area contributed by atoms with E-state index in [1.165, 1.54) is 20.2 Å². The monoisotopic (exact) mass is 708 g/mol. The quantitative estimate of drug-likeness (QED) is 0.178. The van der Waals surface area contributed by atoms with E-state index >= 15 is 0 Å². The SMILES string of the molecule is c1ccc(-c2nc(-c3ccc(-c4cccc(-c5nc6ccccc6c6oc7ccccc7c56)c4)cc3)nc(-c3cccc4c3sc3ccccc34)n2)cc1. The van der Waals surface area contributed by atoms with Crippen molar-refractivity contribution in [1.29, 1.82) is 0 Å². The number of hydrogen-bond donors (Lipinski definition) is 0. The summed E-state index contributed by atoms with van der Waals surface area (Å²) in [6.07, 6.45) is 0. The molecule has 0 bridgehead atoms. The van der Waals surface area contributed by atoms with Crippen LogP contribution in [0.15, 0.2) is 174 Å². The van der Waals surface area contributed by atoms with E-state index in [0.29, 0.717) is 17.5 Å². The van der Waals surface area contributed by atoms with E-state index in [-0.39, 0.29) is 0 Å². The first-order valence-corrected chi connectivity index (χ1v) is 18.7. The molecule has 11 aromatic rings. The number of rotatable bonds is 5. The number of para-hydroxylation sites is 2. The fraction of sp³-hybridized carbons (Fsp3) is 0. The van der Waals surface area contributed by atoms with Gasteiger partial charge in [-0.3, -0.25) is 0 Å². The Hall–Kier alpha value is -7.02. The maximum absolute atomic E-state index is 6.45. The predicted octanol–water partition coefficient (Wildman–Crippen LogP) is 13.0. The molecule has 252 valence electrons. The summed E-state index contributed by atoms with van der Waals surface area (Å²) >= 11 is 1.78. The van der Waals surface area contributed by atoms with Gasteiger partial charge in [-0.2, -0.15) is 0 Å².